The van der Waals surface area contributed by atoms with Gasteiger partial charge in [0.25, 0.3) is 0 Å². The molecule has 0 bridgehead atoms. The quantitative estimate of drug-likeness (QED) is 0.896. The second-order valence-corrected chi connectivity index (χ2v) is 6.38. The zero-order valence-corrected chi connectivity index (χ0v) is 12.9. The summed E-state index contributed by atoms with van der Waals surface area (Å²) in [5, 5.41) is 3.05. The van der Waals surface area contributed by atoms with Gasteiger partial charge in [0.05, 0.1) is 11.6 Å². The number of carbonyl (C=O) groups is 1. The van der Waals surface area contributed by atoms with E-state index in [1.54, 1.807) is 0 Å². The van der Waals surface area contributed by atoms with Crippen LogP contribution in [-0.4, -0.2) is 11.4 Å². The van der Waals surface area contributed by atoms with Gasteiger partial charge in [-0.1, -0.05) is 47.3 Å². The molecule has 1 aliphatic rings. The van der Waals surface area contributed by atoms with Crippen LogP contribution in [0.25, 0.3) is 0 Å². The second kappa shape index (κ2) is 6.06. The van der Waals surface area contributed by atoms with E-state index in [0.717, 1.165) is 35.7 Å². The Balaban J connectivity index is 2.00. The minimum absolute atomic E-state index is 0.0112. The Morgan fingerprint density at radius 2 is 1.84 bits per heavy atom. The van der Waals surface area contributed by atoms with Crippen LogP contribution in [0.15, 0.2) is 28.7 Å². The molecule has 0 aliphatic heterocycles. The lowest BCUT2D eigenvalue weighted by molar-refractivity contribution is -0.128. The van der Waals surface area contributed by atoms with E-state index in [1.165, 1.54) is 6.42 Å². The summed E-state index contributed by atoms with van der Waals surface area (Å²) in [6.45, 7) is 1.99. The molecule has 1 aliphatic carbocycles. The number of hydrogen-bond donors (Lipinski definition) is 2. The predicted octanol–water partition coefficient (Wildman–Crippen LogP) is 3.29. The zero-order chi connectivity index (χ0) is 13.9. The molecule has 1 aromatic rings. The number of rotatable bonds is 3. The first-order valence-corrected chi connectivity index (χ1v) is 7.66. The Morgan fingerprint density at radius 1 is 1.26 bits per heavy atom. The standard InChI is InChI=1S/C15H21BrN2O/c1-11(12-5-7-13(16)8-6-12)18-14(19)15(17)9-3-2-4-10-15/h5-8,11H,2-4,9-10,17H2,1H3,(H,18,19)/t11-/m0/s1. The van der Waals surface area contributed by atoms with Crippen molar-refractivity contribution >= 4 is 21.8 Å². The number of nitrogens with two attached hydrogens (primary N) is 1. The summed E-state index contributed by atoms with van der Waals surface area (Å²) in [5.74, 6) is -0.0115. The molecule has 1 fully saturated rings. The predicted molar refractivity (Wildman–Crippen MR) is 80.7 cm³/mol. The van der Waals surface area contributed by atoms with Crippen LogP contribution >= 0.6 is 15.9 Å². The molecular weight excluding hydrogens is 304 g/mol. The zero-order valence-electron chi connectivity index (χ0n) is 11.3. The van der Waals surface area contributed by atoms with E-state index >= 15 is 0 Å². The molecule has 3 N–H and O–H groups in total. The average molecular weight is 325 g/mol. The van der Waals surface area contributed by atoms with Crippen LogP contribution in [-0.2, 0) is 4.79 Å². The Kier molecular flexibility index (Phi) is 4.63. The van der Waals surface area contributed by atoms with Crippen LogP contribution in [0, 0.1) is 0 Å². The van der Waals surface area contributed by atoms with E-state index in [4.69, 9.17) is 5.73 Å². The van der Waals surface area contributed by atoms with E-state index < -0.39 is 5.54 Å². The number of halogens is 1. The Bertz CT molecular complexity index is 438. The molecule has 1 aromatic carbocycles. The van der Waals surface area contributed by atoms with Crippen molar-refractivity contribution in [2.75, 3.05) is 0 Å². The fourth-order valence-corrected chi connectivity index (χ4v) is 2.85. The summed E-state index contributed by atoms with van der Waals surface area (Å²) in [6, 6.07) is 7.98. The summed E-state index contributed by atoms with van der Waals surface area (Å²) >= 11 is 3.41. The number of amides is 1. The van der Waals surface area contributed by atoms with Crippen LogP contribution in [0.5, 0.6) is 0 Å². The van der Waals surface area contributed by atoms with Gasteiger partial charge in [-0.05, 0) is 37.5 Å². The van der Waals surface area contributed by atoms with Gasteiger partial charge in [0, 0.05) is 4.47 Å². The number of hydrogen-bond acceptors (Lipinski definition) is 2. The summed E-state index contributed by atoms with van der Waals surface area (Å²) in [6.07, 6.45) is 4.89. The molecule has 2 rings (SSSR count). The van der Waals surface area contributed by atoms with Crippen molar-refractivity contribution in [3.05, 3.63) is 34.3 Å². The lowest BCUT2D eigenvalue weighted by Gasteiger charge is -2.33. The third kappa shape index (κ3) is 3.57. The molecule has 0 heterocycles. The molecule has 0 spiro atoms. The Morgan fingerprint density at radius 3 is 2.42 bits per heavy atom. The largest absolute Gasteiger partial charge is 0.348 e. The second-order valence-electron chi connectivity index (χ2n) is 5.46. The maximum absolute atomic E-state index is 12.3. The Hall–Kier alpha value is -0.870. The highest BCUT2D eigenvalue weighted by Gasteiger charge is 2.35. The average Bonchev–Trinajstić information content (AvgIpc) is 2.40. The van der Waals surface area contributed by atoms with Gasteiger partial charge in [-0.3, -0.25) is 4.79 Å². The fraction of sp³-hybridized carbons (Fsp3) is 0.533. The molecule has 1 amide bonds. The molecule has 1 atom stereocenters. The van der Waals surface area contributed by atoms with Gasteiger partial charge in [0.15, 0.2) is 0 Å². The molecule has 104 valence electrons. The number of benzene rings is 1. The minimum Gasteiger partial charge on any atom is -0.348 e. The highest BCUT2D eigenvalue weighted by molar-refractivity contribution is 9.10. The van der Waals surface area contributed by atoms with Crippen LogP contribution in [0.1, 0.15) is 50.6 Å². The molecule has 0 unspecified atom stereocenters. The molecule has 1 saturated carbocycles. The smallest absolute Gasteiger partial charge is 0.240 e. The van der Waals surface area contributed by atoms with E-state index in [0.29, 0.717) is 0 Å². The first-order valence-electron chi connectivity index (χ1n) is 6.86. The van der Waals surface area contributed by atoms with Crippen LogP contribution in [0.4, 0.5) is 0 Å². The number of carbonyl (C=O) groups excluding carboxylic acids is 1. The van der Waals surface area contributed by atoms with E-state index in [9.17, 15) is 4.79 Å². The van der Waals surface area contributed by atoms with Crippen molar-refractivity contribution in [2.24, 2.45) is 5.73 Å². The van der Waals surface area contributed by atoms with Crippen LogP contribution in [0.2, 0.25) is 0 Å². The molecule has 0 aromatic heterocycles. The molecule has 19 heavy (non-hydrogen) atoms. The maximum atomic E-state index is 12.3. The van der Waals surface area contributed by atoms with Crippen molar-refractivity contribution in [1.82, 2.24) is 5.32 Å². The molecule has 3 nitrogen and oxygen atoms in total. The van der Waals surface area contributed by atoms with Crippen molar-refractivity contribution < 1.29 is 4.79 Å². The van der Waals surface area contributed by atoms with E-state index in [1.807, 2.05) is 31.2 Å². The van der Waals surface area contributed by atoms with E-state index in [2.05, 4.69) is 21.2 Å². The number of nitrogens with one attached hydrogen (secondary N) is 1. The normalized spacial score (nSPS) is 19.7. The van der Waals surface area contributed by atoms with Gasteiger partial charge in [0.2, 0.25) is 5.91 Å². The molecule has 0 saturated heterocycles. The maximum Gasteiger partial charge on any atom is 0.240 e. The summed E-state index contributed by atoms with van der Waals surface area (Å²) in [4.78, 5) is 12.3. The Labute approximate surface area is 123 Å². The third-order valence-corrected chi connectivity index (χ3v) is 4.44. The van der Waals surface area contributed by atoms with Crippen molar-refractivity contribution in [3.63, 3.8) is 0 Å². The highest BCUT2D eigenvalue weighted by Crippen LogP contribution is 2.27. The highest BCUT2D eigenvalue weighted by atomic mass is 79.9. The third-order valence-electron chi connectivity index (χ3n) is 3.92. The monoisotopic (exact) mass is 324 g/mol. The van der Waals surface area contributed by atoms with Crippen LogP contribution in [0.3, 0.4) is 0 Å². The van der Waals surface area contributed by atoms with Gasteiger partial charge < -0.3 is 11.1 Å². The lowest BCUT2D eigenvalue weighted by atomic mass is 9.81. The lowest BCUT2D eigenvalue weighted by Crippen LogP contribution is -2.55. The van der Waals surface area contributed by atoms with Crippen molar-refractivity contribution in [2.45, 2.75) is 50.6 Å². The van der Waals surface area contributed by atoms with Gasteiger partial charge >= 0.3 is 0 Å². The van der Waals surface area contributed by atoms with Gasteiger partial charge in [-0.15, -0.1) is 0 Å². The van der Waals surface area contributed by atoms with Crippen LogP contribution < -0.4 is 11.1 Å². The van der Waals surface area contributed by atoms with Gasteiger partial charge in [0.1, 0.15) is 0 Å². The fourth-order valence-electron chi connectivity index (χ4n) is 2.58. The SMILES string of the molecule is C[C@H](NC(=O)C1(N)CCCCC1)c1ccc(Br)cc1. The first-order chi connectivity index (χ1) is 9.01. The minimum atomic E-state index is -0.665. The van der Waals surface area contributed by atoms with Gasteiger partial charge in [-0.2, -0.15) is 0 Å². The molecule has 0 radical (unpaired) electrons. The van der Waals surface area contributed by atoms with Crippen molar-refractivity contribution in [1.29, 1.82) is 0 Å². The summed E-state index contributed by atoms with van der Waals surface area (Å²) < 4.78 is 1.04. The summed E-state index contributed by atoms with van der Waals surface area (Å²) in [5.41, 5.74) is 6.66. The topological polar surface area (TPSA) is 55.1 Å². The molecule has 4 heteroatoms. The first kappa shape index (κ1) is 14.5. The molecular formula is C15H21BrN2O. The summed E-state index contributed by atoms with van der Waals surface area (Å²) in [7, 11) is 0. The van der Waals surface area contributed by atoms with E-state index in [-0.39, 0.29) is 11.9 Å². The van der Waals surface area contributed by atoms with Gasteiger partial charge in [-0.25, -0.2) is 0 Å². The van der Waals surface area contributed by atoms with Crippen molar-refractivity contribution in [3.8, 4) is 0 Å².